The van der Waals surface area contributed by atoms with Crippen molar-refractivity contribution < 1.29 is 4.52 Å². The zero-order valence-corrected chi connectivity index (χ0v) is 9.61. The van der Waals surface area contributed by atoms with E-state index in [4.69, 9.17) is 4.52 Å². The number of nitrogens with one attached hydrogen (secondary N) is 1. The molecule has 0 bridgehead atoms. The fourth-order valence-electron chi connectivity index (χ4n) is 1.36. The SMILES string of the molecule is Cc1ncc(C)c(NCc2nocc2C)n1. The van der Waals surface area contributed by atoms with Crippen LogP contribution in [0.3, 0.4) is 0 Å². The van der Waals surface area contributed by atoms with Gasteiger partial charge in [0, 0.05) is 17.3 Å². The first-order chi connectivity index (χ1) is 7.66. The highest BCUT2D eigenvalue weighted by molar-refractivity contribution is 5.42. The first-order valence-electron chi connectivity index (χ1n) is 5.11. The number of hydrogen-bond donors (Lipinski definition) is 1. The maximum absolute atomic E-state index is 4.86. The highest BCUT2D eigenvalue weighted by atomic mass is 16.5. The lowest BCUT2D eigenvalue weighted by molar-refractivity contribution is 0.412. The molecule has 0 spiro atoms. The number of anilines is 1. The van der Waals surface area contributed by atoms with Crippen molar-refractivity contribution in [3.8, 4) is 0 Å². The summed E-state index contributed by atoms with van der Waals surface area (Å²) in [4.78, 5) is 8.44. The van der Waals surface area contributed by atoms with E-state index in [1.807, 2.05) is 20.8 Å². The van der Waals surface area contributed by atoms with Gasteiger partial charge in [0.15, 0.2) is 0 Å². The van der Waals surface area contributed by atoms with Crippen LogP contribution in [0.25, 0.3) is 0 Å². The van der Waals surface area contributed by atoms with Gasteiger partial charge in [0.1, 0.15) is 23.6 Å². The molecule has 2 heterocycles. The van der Waals surface area contributed by atoms with Crippen LogP contribution in [0.1, 0.15) is 22.6 Å². The highest BCUT2D eigenvalue weighted by Crippen LogP contribution is 2.12. The Kier molecular flexibility index (Phi) is 2.85. The van der Waals surface area contributed by atoms with Gasteiger partial charge in [0.25, 0.3) is 0 Å². The van der Waals surface area contributed by atoms with Gasteiger partial charge >= 0.3 is 0 Å². The van der Waals surface area contributed by atoms with Crippen LogP contribution in [0.4, 0.5) is 5.82 Å². The number of rotatable bonds is 3. The Bertz CT molecular complexity index is 492. The molecule has 2 aromatic rings. The predicted molar refractivity (Wildman–Crippen MR) is 60.1 cm³/mol. The Morgan fingerprint density at radius 2 is 2.06 bits per heavy atom. The smallest absolute Gasteiger partial charge is 0.132 e. The van der Waals surface area contributed by atoms with Crippen molar-refractivity contribution in [1.82, 2.24) is 15.1 Å². The van der Waals surface area contributed by atoms with Gasteiger partial charge in [0.2, 0.25) is 0 Å². The van der Waals surface area contributed by atoms with Crippen LogP contribution in [0.2, 0.25) is 0 Å². The van der Waals surface area contributed by atoms with Crippen LogP contribution in [-0.2, 0) is 6.54 Å². The summed E-state index contributed by atoms with van der Waals surface area (Å²) in [6, 6.07) is 0. The van der Waals surface area contributed by atoms with Gasteiger partial charge in [-0.1, -0.05) is 5.16 Å². The van der Waals surface area contributed by atoms with E-state index >= 15 is 0 Å². The third kappa shape index (κ3) is 2.18. The minimum Gasteiger partial charge on any atom is -0.364 e. The molecule has 84 valence electrons. The molecule has 0 aromatic carbocycles. The summed E-state index contributed by atoms with van der Waals surface area (Å²) in [5, 5.41) is 7.13. The van der Waals surface area contributed by atoms with Gasteiger partial charge < -0.3 is 9.84 Å². The Labute approximate surface area is 93.9 Å². The molecular formula is C11H14N4O. The minimum atomic E-state index is 0.611. The molecule has 0 amide bonds. The van der Waals surface area contributed by atoms with Gasteiger partial charge in [-0.2, -0.15) is 0 Å². The molecule has 1 N–H and O–H groups in total. The van der Waals surface area contributed by atoms with Gasteiger partial charge in [-0.15, -0.1) is 0 Å². The van der Waals surface area contributed by atoms with Crippen molar-refractivity contribution in [3.05, 3.63) is 35.1 Å². The topological polar surface area (TPSA) is 63.8 Å². The van der Waals surface area contributed by atoms with Crippen LogP contribution in [0.15, 0.2) is 17.0 Å². The zero-order chi connectivity index (χ0) is 11.5. The first kappa shape index (κ1) is 10.6. The molecule has 0 saturated carbocycles. The molecule has 0 unspecified atom stereocenters. The van der Waals surface area contributed by atoms with E-state index < -0.39 is 0 Å². The van der Waals surface area contributed by atoms with Gasteiger partial charge in [-0.25, -0.2) is 9.97 Å². The average Bonchev–Trinajstić information content (AvgIpc) is 2.66. The minimum absolute atomic E-state index is 0.611. The number of hydrogen-bond acceptors (Lipinski definition) is 5. The summed E-state index contributed by atoms with van der Waals surface area (Å²) in [5.74, 6) is 1.60. The molecule has 0 aliphatic heterocycles. The molecule has 0 fully saturated rings. The fourth-order valence-corrected chi connectivity index (χ4v) is 1.36. The molecule has 0 radical (unpaired) electrons. The lowest BCUT2D eigenvalue weighted by Crippen LogP contribution is -2.06. The largest absolute Gasteiger partial charge is 0.364 e. The molecular weight excluding hydrogens is 204 g/mol. The molecule has 0 aliphatic rings. The molecule has 0 atom stereocenters. The van der Waals surface area contributed by atoms with Gasteiger partial charge in [-0.3, -0.25) is 0 Å². The number of nitrogens with zero attached hydrogens (tertiary/aromatic N) is 3. The molecule has 0 saturated heterocycles. The van der Waals surface area contributed by atoms with Crippen molar-refractivity contribution in [3.63, 3.8) is 0 Å². The Morgan fingerprint density at radius 1 is 1.25 bits per heavy atom. The summed E-state index contributed by atoms with van der Waals surface area (Å²) < 4.78 is 4.86. The summed E-state index contributed by atoms with van der Waals surface area (Å²) in [6.07, 6.45) is 3.44. The van der Waals surface area contributed by atoms with E-state index in [1.54, 1.807) is 12.5 Å². The Hall–Kier alpha value is -1.91. The standard InChI is InChI=1S/C11H14N4O/c1-7-4-12-9(3)14-11(7)13-5-10-8(2)6-16-15-10/h4,6H,5H2,1-3H3,(H,12,13,14). The van der Waals surface area contributed by atoms with Crippen LogP contribution in [0.5, 0.6) is 0 Å². The third-order valence-electron chi connectivity index (χ3n) is 2.36. The second-order valence-corrected chi connectivity index (χ2v) is 3.75. The van der Waals surface area contributed by atoms with Gasteiger partial charge in [0.05, 0.1) is 6.54 Å². The summed E-state index contributed by atoms with van der Waals surface area (Å²) in [5.41, 5.74) is 2.96. The molecule has 2 aromatic heterocycles. The Morgan fingerprint density at radius 3 is 2.75 bits per heavy atom. The van der Waals surface area contributed by atoms with Crippen LogP contribution in [0, 0.1) is 20.8 Å². The average molecular weight is 218 g/mol. The summed E-state index contributed by atoms with van der Waals surface area (Å²) in [6.45, 7) is 6.41. The van der Waals surface area contributed by atoms with Crippen molar-refractivity contribution in [2.24, 2.45) is 0 Å². The van der Waals surface area contributed by atoms with Crippen LogP contribution < -0.4 is 5.32 Å². The third-order valence-corrected chi connectivity index (χ3v) is 2.36. The van der Waals surface area contributed by atoms with E-state index in [0.717, 1.165) is 28.5 Å². The van der Waals surface area contributed by atoms with Gasteiger partial charge in [-0.05, 0) is 20.8 Å². The number of aryl methyl sites for hydroxylation is 3. The maximum atomic E-state index is 4.86. The van der Waals surface area contributed by atoms with Crippen molar-refractivity contribution in [2.75, 3.05) is 5.32 Å². The monoisotopic (exact) mass is 218 g/mol. The zero-order valence-electron chi connectivity index (χ0n) is 9.61. The Balaban J connectivity index is 2.10. The molecule has 5 heteroatoms. The van der Waals surface area contributed by atoms with E-state index in [1.165, 1.54) is 0 Å². The number of aromatic nitrogens is 3. The summed E-state index contributed by atoms with van der Waals surface area (Å²) in [7, 11) is 0. The lowest BCUT2D eigenvalue weighted by atomic mass is 10.2. The van der Waals surface area contributed by atoms with Crippen molar-refractivity contribution in [2.45, 2.75) is 27.3 Å². The highest BCUT2D eigenvalue weighted by Gasteiger charge is 2.05. The predicted octanol–water partition coefficient (Wildman–Crippen LogP) is 2.00. The summed E-state index contributed by atoms with van der Waals surface area (Å²) >= 11 is 0. The molecule has 0 aliphatic carbocycles. The lowest BCUT2D eigenvalue weighted by Gasteiger charge is -2.07. The first-order valence-corrected chi connectivity index (χ1v) is 5.11. The van der Waals surface area contributed by atoms with E-state index in [2.05, 4.69) is 20.4 Å². The molecule has 16 heavy (non-hydrogen) atoms. The second kappa shape index (κ2) is 4.30. The van der Waals surface area contributed by atoms with Crippen molar-refractivity contribution in [1.29, 1.82) is 0 Å². The maximum Gasteiger partial charge on any atom is 0.132 e. The van der Waals surface area contributed by atoms with Crippen molar-refractivity contribution >= 4 is 5.82 Å². The van der Waals surface area contributed by atoms with Crippen LogP contribution >= 0.6 is 0 Å². The van der Waals surface area contributed by atoms with E-state index in [0.29, 0.717) is 6.54 Å². The molecule has 5 nitrogen and oxygen atoms in total. The quantitative estimate of drug-likeness (QED) is 0.853. The van der Waals surface area contributed by atoms with E-state index in [9.17, 15) is 0 Å². The second-order valence-electron chi connectivity index (χ2n) is 3.75. The fraction of sp³-hybridized carbons (Fsp3) is 0.364. The molecule has 2 rings (SSSR count). The van der Waals surface area contributed by atoms with E-state index in [-0.39, 0.29) is 0 Å². The van der Waals surface area contributed by atoms with Crippen LogP contribution in [-0.4, -0.2) is 15.1 Å². The normalized spacial score (nSPS) is 10.4.